The normalized spacial score (nSPS) is 12.4. The quantitative estimate of drug-likeness (QED) is 0.652. The Bertz CT molecular complexity index is 330. The SMILES string of the molecule is CC(C)=CC(=O)C(C)(C)S(C)(=O)=O. The molecule has 13 heavy (non-hydrogen) atoms. The van der Waals surface area contributed by atoms with Gasteiger partial charge in [0.05, 0.1) is 0 Å². The van der Waals surface area contributed by atoms with Crippen molar-refractivity contribution in [2.45, 2.75) is 32.4 Å². The maximum absolute atomic E-state index is 11.5. The van der Waals surface area contributed by atoms with Crippen molar-refractivity contribution in [1.82, 2.24) is 0 Å². The van der Waals surface area contributed by atoms with Crippen LogP contribution < -0.4 is 0 Å². The highest BCUT2D eigenvalue weighted by atomic mass is 32.2. The smallest absolute Gasteiger partial charge is 0.176 e. The molecule has 0 aromatic heterocycles. The van der Waals surface area contributed by atoms with Gasteiger partial charge >= 0.3 is 0 Å². The maximum atomic E-state index is 11.5. The molecule has 0 amide bonds. The van der Waals surface area contributed by atoms with Gasteiger partial charge in [0, 0.05) is 6.26 Å². The number of hydrogen-bond donors (Lipinski definition) is 0. The number of sulfone groups is 1. The molecule has 0 aromatic rings. The topological polar surface area (TPSA) is 51.2 Å². The fraction of sp³-hybridized carbons (Fsp3) is 0.667. The van der Waals surface area contributed by atoms with E-state index in [1.165, 1.54) is 19.9 Å². The molecule has 0 aliphatic rings. The highest BCUT2D eigenvalue weighted by molar-refractivity contribution is 7.92. The van der Waals surface area contributed by atoms with E-state index in [1.54, 1.807) is 13.8 Å². The van der Waals surface area contributed by atoms with Crippen LogP contribution in [-0.4, -0.2) is 25.2 Å². The van der Waals surface area contributed by atoms with Crippen LogP contribution in [-0.2, 0) is 14.6 Å². The summed E-state index contributed by atoms with van der Waals surface area (Å²) in [6.45, 7) is 6.36. The first-order valence-corrected chi connectivity index (χ1v) is 5.87. The minimum absolute atomic E-state index is 0.366. The molecule has 0 radical (unpaired) electrons. The zero-order valence-corrected chi connectivity index (χ0v) is 9.53. The van der Waals surface area contributed by atoms with Gasteiger partial charge < -0.3 is 0 Å². The van der Waals surface area contributed by atoms with Crippen molar-refractivity contribution in [2.24, 2.45) is 0 Å². The molecule has 0 aromatic carbocycles. The number of allylic oxidation sites excluding steroid dienone is 2. The molecule has 0 atom stereocenters. The Labute approximate surface area is 79.8 Å². The van der Waals surface area contributed by atoms with Gasteiger partial charge in [0.15, 0.2) is 15.6 Å². The van der Waals surface area contributed by atoms with Crippen molar-refractivity contribution in [2.75, 3.05) is 6.26 Å². The molecular weight excluding hydrogens is 188 g/mol. The van der Waals surface area contributed by atoms with Crippen LogP contribution in [0.3, 0.4) is 0 Å². The molecule has 0 saturated carbocycles. The molecule has 0 rings (SSSR count). The first-order chi connectivity index (χ1) is 5.59. The van der Waals surface area contributed by atoms with E-state index < -0.39 is 14.6 Å². The third kappa shape index (κ3) is 2.95. The Morgan fingerprint density at radius 1 is 1.23 bits per heavy atom. The molecule has 4 heteroatoms. The highest BCUT2D eigenvalue weighted by Gasteiger charge is 2.36. The summed E-state index contributed by atoms with van der Waals surface area (Å²) in [4.78, 5) is 11.5. The molecule has 76 valence electrons. The number of hydrogen-bond acceptors (Lipinski definition) is 3. The molecule has 0 heterocycles. The number of ketones is 1. The summed E-state index contributed by atoms with van der Waals surface area (Å²) in [5.41, 5.74) is 0.807. The van der Waals surface area contributed by atoms with Gasteiger partial charge in [-0.15, -0.1) is 0 Å². The molecule has 0 saturated heterocycles. The van der Waals surface area contributed by atoms with Gasteiger partial charge in [-0.2, -0.15) is 0 Å². The number of rotatable bonds is 3. The average Bonchev–Trinajstić information content (AvgIpc) is 1.82. The summed E-state index contributed by atoms with van der Waals surface area (Å²) in [6, 6.07) is 0. The second-order valence-electron chi connectivity index (χ2n) is 3.87. The van der Waals surface area contributed by atoms with Gasteiger partial charge in [-0.3, -0.25) is 4.79 Å². The summed E-state index contributed by atoms with van der Waals surface area (Å²) in [5.74, 6) is -0.366. The summed E-state index contributed by atoms with van der Waals surface area (Å²) in [5, 5.41) is 0. The van der Waals surface area contributed by atoms with E-state index in [1.807, 2.05) is 0 Å². The minimum Gasteiger partial charge on any atom is -0.293 e. The van der Waals surface area contributed by atoms with E-state index in [9.17, 15) is 13.2 Å². The van der Waals surface area contributed by atoms with Crippen LogP contribution >= 0.6 is 0 Å². The molecule has 0 bridgehead atoms. The van der Waals surface area contributed by atoms with E-state index in [0.29, 0.717) is 0 Å². The lowest BCUT2D eigenvalue weighted by Gasteiger charge is -2.18. The van der Waals surface area contributed by atoms with Crippen LogP contribution in [0.15, 0.2) is 11.6 Å². The van der Waals surface area contributed by atoms with Crippen molar-refractivity contribution in [1.29, 1.82) is 0 Å². The Morgan fingerprint density at radius 2 is 1.62 bits per heavy atom. The van der Waals surface area contributed by atoms with Crippen LogP contribution in [0.4, 0.5) is 0 Å². The van der Waals surface area contributed by atoms with Crippen molar-refractivity contribution in [3.05, 3.63) is 11.6 Å². The van der Waals surface area contributed by atoms with E-state index in [2.05, 4.69) is 0 Å². The lowest BCUT2D eigenvalue weighted by molar-refractivity contribution is -0.116. The van der Waals surface area contributed by atoms with E-state index in [0.717, 1.165) is 11.8 Å². The van der Waals surface area contributed by atoms with Gasteiger partial charge in [0.25, 0.3) is 0 Å². The summed E-state index contributed by atoms with van der Waals surface area (Å²) in [6.07, 6.45) is 2.44. The van der Waals surface area contributed by atoms with Gasteiger partial charge in [0.1, 0.15) is 4.75 Å². The van der Waals surface area contributed by atoms with Crippen LogP contribution in [0.25, 0.3) is 0 Å². The summed E-state index contributed by atoms with van der Waals surface area (Å²) >= 11 is 0. The Morgan fingerprint density at radius 3 is 1.85 bits per heavy atom. The number of carbonyl (C=O) groups excluding carboxylic acids is 1. The van der Waals surface area contributed by atoms with Crippen molar-refractivity contribution >= 4 is 15.6 Å². The summed E-state index contributed by atoms with van der Waals surface area (Å²) < 4.78 is 21.1. The lowest BCUT2D eigenvalue weighted by Crippen LogP contribution is -2.38. The third-order valence-electron chi connectivity index (χ3n) is 1.94. The molecule has 0 N–H and O–H groups in total. The third-order valence-corrected chi connectivity index (χ3v) is 4.00. The lowest BCUT2D eigenvalue weighted by atomic mass is 10.1. The Kier molecular flexibility index (Phi) is 3.44. The molecule has 0 spiro atoms. The molecule has 3 nitrogen and oxygen atoms in total. The standard InChI is InChI=1S/C9H16O3S/c1-7(2)6-8(10)9(3,4)13(5,11)12/h6H,1-5H3. The van der Waals surface area contributed by atoms with Crippen molar-refractivity contribution < 1.29 is 13.2 Å². The predicted octanol–water partition coefficient (Wildman–Crippen LogP) is 1.34. The van der Waals surface area contributed by atoms with Gasteiger partial charge in [-0.05, 0) is 33.8 Å². The van der Waals surface area contributed by atoms with Crippen LogP contribution in [0, 0.1) is 0 Å². The Hall–Kier alpha value is -0.640. The zero-order chi connectivity index (χ0) is 10.9. The second-order valence-corrected chi connectivity index (χ2v) is 6.43. The van der Waals surface area contributed by atoms with Crippen molar-refractivity contribution in [3.63, 3.8) is 0 Å². The minimum atomic E-state index is -3.34. The van der Waals surface area contributed by atoms with Gasteiger partial charge in [-0.1, -0.05) is 5.57 Å². The van der Waals surface area contributed by atoms with E-state index in [4.69, 9.17) is 0 Å². The largest absolute Gasteiger partial charge is 0.293 e. The number of carbonyl (C=O) groups is 1. The molecular formula is C9H16O3S. The van der Waals surface area contributed by atoms with E-state index >= 15 is 0 Å². The fourth-order valence-electron chi connectivity index (χ4n) is 0.619. The summed E-state index contributed by atoms with van der Waals surface area (Å²) in [7, 11) is -3.34. The van der Waals surface area contributed by atoms with Crippen LogP contribution in [0.2, 0.25) is 0 Å². The maximum Gasteiger partial charge on any atom is 0.176 e. The monoisotopic (exact) mass is 204 g/mol. The first kappa shape index (κ1) is 12.4. The Balaban J connectivity index is 5.10. The van der Waals surface area contributed by atoms with Crippen molar-refractivity contribution in [3.8, 4) is 0 Å². The molecule has 0 aliphatic heterocycles. The highest BCUT2D eigenvalue weighted by Crippen LogP contribution is 2.17. The zero-order valence-electron chi connectivity index (χ0n) is 8.71. The fourth-order valence-corrected chi connectivity index (χ4v) is 1.04. The molecule has 0 unspecified atom stereocenters. The molecule has 0 aliphatic carbocycles. The van der Waals surface area contributed by atoms with Crippen LogP contribution in [0.5, 0.6) is 0 Å². The second kappa shape index (κ2) is 3.62. The van der Waals surface area contributed by atoms with E-state index in [-0.39, 0.29) is 5.78 Å². The van der Waals surface area contributed by atoms with Crippen LogP contribution in [0.1, 0.15) is 27.7 Å². The first-order valence-electron chi connectivity index (χ1n) is 3.98. The van der Waals surface area contributed by atoms with Gasteiger partial charge in [-0.25, -0.2) is 8.42 Å². The predicted molar refractivity (Wildman–Crippen MR) is 53.4 cm³/mol. The average molecular weight is 204 g/mol. The van der Waals surface area contributed by atoms with Gasteiger partial charge in [0.2, 0.25) is 0 Å². The molecule has 0 fully saturated rings.